The maximum atomic E-state index is 12.7. The number of imidazole rings is 1. The number of esters is 1. The van der Waals surface area contributed by atoms with Gasteiger partial charge in [-0.05, 0) is 32.0 Å². The second-order valence-corrected chi connectivity index (χ2v) is 6.63. The average Bonchev–Trinajstić information content (AvgIpc) is 3.25. The lowest BCUT2D eigenvalue weighted by atomic mass is 10.2. The largest absolute Gasteiger partial charge is 0.457 e. The molecule has 0 saturated carbocycles. The van der Waals surface area contributed by atoms with E-state index in [4.69, 9.17) is 16.3 Å². The van der Waals surface area contributed by atoms with Crippen LogP contribution >= 0.6 is 11.6 Å². The van der Waals surface area contributed by atoms with Crippen LogP contribution in [0.5, 0.6) is 0 Å². The van der Waals surface area contributed by atoms with Crippen LogP contribution in [0.15, 0.2) is 55.0 Å². The first-order valence-corrected chi connectivity index (χ1v) is 8.82. The number of rotatable bonds is 4. The maximum absolute atomic E-state index is 12.7. The summed E-state index contributed by atoms with van der Waals surface area (Å²) in [5, 5.41) is 5.00. The second kappa shape index (κ2) is 6.89. The van der Waals surface area contributed by atoms with Crippen molar-refractivity contribution in [2.24, 2.45) is 0 Å². The fraction of sp³-hybridized carbons (Fsp3) is 0.150. The summed E-state index contributed by atoms with van der Waals surface area (Å²) in [6, 6.07) is 11.4. The second-order valence-electron chi connectivity index (χ2n) is 6.22. The monoisotopic (exact) mass is 380 g/mol. The zero-order valence-electron chi connectivity index (χ0n) is 14.9. The van der Waals surface area contributed by atoms with Crippen molar-refractivity contribution in [2.75, 3.05) is 0 Å². The van der Waals surface area contributed by atoms with E-state index in [0.717, 1.165) is 16.9 Å². The standard InChI is InChI=1S/C20H17ClN4O2/c1-13-18(14(2)25(23-13)16-6-4-3-5-7-16)20(26)27-12-15-10-17(21)19-22-8-9-24(19)11-15/h3-11H,12H2,1-2H3. The first kappa shape index (κ1) is 17.3. The Balaban J connectivity index is 1.57. The third kappa shape index (κ3) is 3.19. The molecule has 4 rings (SSSR count). The molecule has 0 aliphatic carbocycles. The van der Waals surface area contributed by atoms with Crippen LogP contribution in [0.25, 0.3) is 11.3 Å². The number of carbonyl (C=O) groups excluding carboxylic acids is 1. The van der Waals surface area contributed by atoms with Gasteiger partial charge in [0.1, 0.15) is 12.2 Å². The van der Waals surface area contributed by atoms with Crippen LogP contribution in [0.3, 0.4) is 0 Å². The molecule has 0 aliphatic rings. The molecule has 0 radical (unpaired) electrons. The van der Waals surface area contributed by atoms with Crippen molar-refractivity contribution in [1.29, 1.82) is 0 Å². The molecule has 4 aromatic rings. The van der Waals surface area contributed by atoms with E-state index in [0.29, 0.717) is 21.9 Å². The molecule has 0 aliphatic heterocycles. The zero-order chi connectivity index (χ0) is 19.0. The number of fused-ring (bicyclic) bond motifs is 1. The Kier molecular flexibility index (Phi) is 4.41. The van der Waals surface area contributed by atoms with Gasteiger partial charge in [0, 0.05) is 24.2 Å². The summed E-state index contributed by atoms with van der Waals surface area (Å²) in [6.45, 7) is 3.78. The van der Waals surface area contributed by atoms with Gasteiger partial charge in [-0.2, -0.15) is 5.10 Å². The van der Waals surface area contributed by atoms with Gasteiger partial charge in [0.15, 0.2) is 5.65 Å². The highest BCUT2D eigenvalue weighted by molar-refractivity contribution is 6.33. The third-order valence-electron chi connectivity index (χ3n) is 4.37. The van der Waals surface area contributed by atoms with Gasteiger partial charge in [0.2, 0.25) is 0 Å². The Morgan fingerprint density at radius 3 is 2.78 bits per heavy atom. The lowest BCUT2D eigenvalue weighted by Crippen LogP contribution is -2.08. The molecule has 0 saturated heterocycles. The summed E-state index contributed by atoms with van der Waals surface area (Å²) in [4.78, 5) is 16.8. The summed E-state index contributed by atoms with van der Waals surface area (Å²) in [5.74, 6) is -0.408. The fourth-order valence-electron chi connectivity index (χ4n) is 3.10. The van der Waals surface area contributed by atoms with E-state index in [9.17, 15) is 4.79 Å². The topological polar surface area (TPSA) is 61.4 Å². The molecule has 6 nitrogen and oxygen atoms in total. The quantitative estimate of drug-likeness (QED) is 0.499. The number of hydrogen-bond acceptors (Lipinski definition) is 4. The number of nitrogens with zero attached hydrogens (tertiary/aromatic N) is 4. The van der Waals surface area contributed by atoms with Gasteiger partial charge < -0.3 is 9.14 Å². The third-order valence-corrected chi connectivity index (χ3v) is 4.64. The minimum absolute atomic E-state index is 0.113. The van der Waals surface area contributed by atoms with E-state index in [-0.39, 0.29) is 6.61 Å². The van der Waals surface area contributed by atoms with Gasteiger partial charge in [0.05, 0.1) is 22.1 Å². The predicted molar refractivity (Wildman–Crippen MR) is 102 cm³/mol. The molecule has 0 bridgehead atoms. The Bertz CT molecular complexity index is 1130. The van der Waals surface area contributed by atoms with Gasteiger partial charge >= 0.3 is 5.97 Å². The lowest BCUT2D eigenvalue weighted by Gasteiger charge is -2.08. The van der Waals surface area contributed by atoms with Crippen molar-refractivity contribution in [2.45, 2.75) is 20.5 Å². The smallest absolute Gasteiger partial charge is 0.342 e. The van der Waals surface area contributed by atoms with Crippen molar-refractivity contribution in [3.63, 3.8) is 0 Å². The van der Waals surface area contributed by atoms with Crippen LogP contribution in [0.2, 0.25) is 5.02 Å². The number of aromatic nitrogens is 4. The molecule has 7 heteroatoms. The van der Waals surface area contributed by atoms with E-state index in [1.165, 1.54) is 0 Å². The first-order valence-electron chi connectivity index (χ1n) is 8.44. The fourth-order valence-corrected chi connectivity index (χ4v) is 3.39. The van der Waals surface area contributed by atoms with Crippen molar-refractivity contribution in [3.8, 4) is 5.69 Å². The van der Waals surface area contributed by atoms with E-state index in [1.807, 2.05) is 43.5 Å². The summed E-state index contributed by atoms with van der Waals surface area (Å²) in [6.07, 6.45) is 5.31. The molecule has 0 unspecified atom stereocenters. The van der Waals surface area contributed by atoms with Crippen LogP contribution in [0.4, 0.5) is 0 Å². The highest BCUT2D eigenvalue weighted by Gasteiger charge is 2.21. The highest BCUT2D eigenvalue weighted by atomic mass is 35.5. The SMILES string of the molecule is Cc1nn(-c2ccccc2)c(C)c1C(=O)OCc1cc(Cl)c2nccn2c1. The predicted octanol–water partition coefficient (Wildman–Crippen LogP) is 4.15. The molecule has 0 N–H and O–H groups in total. The van der Waals surface area contributed by atoms with E-state index < -0.39 is 5.97 Å². The van der Waals surface area contributed by atoms with Gasteiger partial charge in [-0.15, -0.1) is 0 Å². The molecule has 0 fully saturated rings. The number of ether oxygens (including phenoxy) is 1. The first-order chi connectivity index (χ1) is 13.0. The van der Waals surface area contributed by atoms with Crippen LogP contribution in [0, 0.1) is 13.8 Å². The summed E-state index contributed by atoms with van der Waals surface area (Å²) < 4.78 is 9.07. The zero-order valence-corrected chi connectivity index (χ0v) is 15.6. The van der Waals surface area contributed by atoms with Crippen molar-refractivity contribution >= 4 is 23.2 Å². The number of aryl methyl sites for hydroxylation is 1. The summed E-state index contributed by atoms with van der Waals surface area (Å²) >= 11 is 6.22. The van der Waals surface area contributed by atoms with E-state index in [1.54, 1.807) is 34.5 Å². The maximum Gasteiger partial charge on any atom is 0.342 e. The van der Waals surface area contributed by atoms with E-state index >= 15 is 0 Å². The number of para-hydroxylation sites is 1. The van der Waals surface area contributed by atoms with Gasteiger partial charge in [-0.1, -0.05) is 29.8 Å². The molecule has 0 amide bonds. The molecule has 136 valence electrons. The van der Waals surface area contributed by atoms with Crippen LogP contribution in [-0.4, -0.2) is 25.1 Å². The number of hydrogen-bond donors (Lipinski definition) is 0. The minimum atomic E-state index is -0.408. The van der Waals surface area contributed by atoms with Crippen LogP contribution in [-0.2, 0) is 11.3 Å². The Morgan fingerprint density at radius 2 is 2.00 bits per heavy atom. The normalized spacial score (nSPS) is 11.1. The molecule has 1 aromatic carbocycles. The minimum Gasteiger partial charge on any atom is -0.457 e. The lowest BCUT2D eigenvalue weighted by molar-refractivity contribution is 0.0470. The van der Waals surface area contributed by atoms with Gasteiger partial charge in [0.25, 0.3) is 0 Å². The highest BCUT2D eigenvalue weighted by Crippen LogP contribution is 2.21. The van der Waals surface area contributed by atoms with Gasteiger partial charge in [-0.3, -0.25) is 0 Å². The molecule has 27 heavy (non-hydrogen) atoms. The van der Waals surface area contributed by atoms with E-state index in [2.05, 4.69) is 10.1 Å². The van der Waals surface area contributed by atoms with Crippen molar-refractivity contribution in [3.05, 3.63) is 82.5 Å². The summed E-state index contributed by atoms with van der Waals surface area (Å²) in [7, 11) is 0. The number of benzene rings is 1. The van der Waals surface area contributed by atoms with Crippen molar-refractivity contribution < 1.29 is 9.53 Å². The summed E-state index contributed by atoms with van der Waals surface area (Å²) in [5.41, 5.74) is 4.20. The van der Waals surface area contributed by atoms with Crippen LogP contribution in [0.1, 0.15) is 27.3 Å². The van der Waals surface area contributed by atoms with Gasteiger partial charge in [-0.25, -0.2) is 14.5 Å². The van der Waals surface area contributed by atoms with Crippen LogP contribution < -0.4 is 0 Å². The molecular formula is C20H17ClN4O2. The molecule has 0 atom stereocenters. The molecule has 0 spiro atoms. The average molecular weight is 381 g/mol. The number of carbonyl (C=O) groups is 1. The van der Waals surface area contributed by atoms with Crippen molar-refractivity contribution in [1.82, 2.24) is 19.2 Å². The molecular weight excluding hydrogens is 364 g/mol. The Labute approximate surface area is 161 Å². The number of halogens is 1. The molecule has 3 aromatic heterocycles. The Hall–Kier alpha value is -3.12. The Morgan fingerprint density at radius 1 is 1.22 bits per heavy atom. The molecule has 3 heterocycles. The number of pyridine rings is 1.